The van der Waals surface area contributed by atoms with Gasteiger partial charge in [0.25, 0.3) is 5.69 Å². The lowest BCUT2D eigenvalue weighted by Crippen LogP contribution is -2.20. The molecule has 2 aromatic rings. The number of anilines is 2. The van der Waals surface area contributed by atoms with Crippen molar-refractivity contribution in [1.29, 1.82) is 0 Å². The number of alkyl halides is 3. The van der Waals surface area contributed by atoms with Crippen LogP contribution in [0.1, 0.15) is 5.76 Å². The number of urea groups is 1. The van der Waals surface area contributed by atoms with E-state index in [2.05, 4.69) is 15.0 Å². The summed E-state index contributed by atoms with van der Waals surface area (Å²) in [5.74, 6) is -1.74. The van der Waals surface area contributed by atoms with Gasteiger partial charge in [0, 0.05) is 13.2 Å². The van der Waals surface area contributed by atoms with Gasteiger partial charge in [-0.2, -0.15) is 13.2 Å². The van der Waals surface area contributed by atoms with Gasteiger partial charge in [-0.25, -0.2) is 4.79 Å². The van der Waals surface area contributed by atoms with E-state index in [9.17, 15) is 28.1 Å². The highest BCUT2D eigenvalue weighted by molar-refractivity contribution is 6.00. The number of halogens is 3. The normalized spacial score (nSPS) is 11.1. The van der Waals surface area contributed by atoms with Crippen molar-refractivity contribution in [3.63, 3.8) is 0 Å². The zero-order valence-corrected chi connectivity index (χ0v) is 13.7. The summed E-state index contributed by atoms with van der Waals surface area (Å²) in [7, 11) is 1.46. The number of aromatic nitrogens is 1. The Morgan fingerprint density at radius 2 is 2.04 bits per heavy atom. The van der Waals surface area contributed by atoms with Crippen LogP contribution in [0, 0.1) is 10.1 Å². The molecule has 27 heavy (non-hydrogen) atoms. The molecule has 0 spiro atoms. The molecule has 0 fully saturated rings. The number of hydrogen-bond donors (Lipinski definition) is 2. The van der Waals surface area contributed by atoms with Gasteiger partial charge in [0.1, 0.15) is 18.0 Å². The van der Waals surface area contributed by atoms with Gasteiger partial charge < -0.3 is 19.3 Å². The zero-order valence-electron chi connectivity index (χ0n) is 13.7. The van der Waals surface area contributed by atoms with Crippen LogP contribution in [-0.4, -0.2) is 36.4 Å². The molecule has 0 radical (unpaired) electrons. The Morgan fingerprint density at radius 1 is 1.30 bits per heavy atom. The Kier molecular flexibility index (Phi) is 6.18. The molecule has 0 aliphatic heterocycles. The Morgan fingerprint density at radius 3 is 2.63 bits per heavy atom. The first-order chi connectivity index (χ1) is 12.7. The van der Waals surface area contributed by atoms with Gasteiger partial charge in [-0.05, 0) is 12.1 Å². The molecule has 13 heteroatoms. The van der Waals surface area contributed by atoms with Gasteiger partial charge in [-0.3, -0.25) is 15.4 Å². The zero-order chi connectivity index (χ0) is 20.0. The summed E-state index contributed by atoms with van der Waals surface area (Å²) >= 11 is 0. The summed E-state index contributed by atoms with van der Waals surface area (Å²) in [4.78, 5) is 22.3. The summed E-state index contributed by atoms with van der Waals surface area (Å²) in [6.07, 6.45) is -4.76. The number of benzene rings is 1. The van der Waals surface area contributed by atoms with Crippen LogP contribution in [0.15, 0.2) is 28.8 Å². The summed E-state index contributed by atoms with van der Waals surface area (Å²) < 4.78 is 51.3. The van der Waals surface area contributed by atoms with Crippen LogP contribution in [-0.2, 0) is 10.9 Å². The predicted octanol–water partition coefficient (Wildman–Crippen LogP) is 3.27. The molecule has 0 saturated carbocycles. The molecule has 10 nitrogen and oxygen atoms in total. The Labute approximate surface area is 149 Å². The maximum absolute atomic E-state index is 12.4. The van der Waals surface area contributed by atoms with Crippen molar-refractivity contribution in [3.05, 3.63) is 40.1 Å². The molecule has 0 bridgehead atoms. The number of carbonyl (C=O) groups is 1. The predicted molar refractivity (Wildman–Crippen MR) is 84.6 cm³/mol. The van der Waals surface area contributed by atoms with E-state index in [0.717, 1.165) is 6.07 Å². The van der Waals surface area contributed by atoms with Crippen LogP contribution in [0.3, 0.4) is 0 Å². The van der Waals surface area contributed by atoms with E-state index in [1.165, 1.54) is 19.2 Å². The number of nitro benzene ring substituents is 1. The third-order valence-electron chi connectivity index (χ3n) is 3.00. The lowest BCUT2D eigenvalue weighted by atomic mass is 10.2. The monoisotopic (exact) mass is 390 g/mol. The number of hydrogen-bond acceptors (Lipinski definition) is 7. The minimum absolute atomic E-state index is 0.161. The van der Waals surface area contributed by atoms with Crippen molar-refractivity contribution < 1.29 is 36.9 Å². The van der Waals surface area contributed by atoms with Crippen molar-refractivity contribution in [2.75, 3.05) is 31.0 Å². The van der Waals surface area contributed by atoms with E-state index in [-0.39, 0.29) is 24.7 Å². The molecular formula is C14H13F3N4O6. The number of methoxy groups -OCH3 is 1. The minimum Gasteiger partial charge on any atom is -0.491 e. The van der Waals surface area contributed by atoms with Gasteiger partial charge in [0.15, 0.2) is 5.82 Å². The summed E-state index contributed by atoms with van der Waals surface area (Å²) in [6, 6.07) is 3.09. The van der Waals surface area contributed by atoms with Crippen molar-refractivity contribution in [2.24, 2.45) is 0 Å². The third-order valence-corrected chi connectivity index (χ3v) is 3.00. The second-order valence-corrected chi connectivity index (χ2v) is 4.93. The molecule has 0 unspecified atom stereocenters. The number of carbonyl (C=O) groups excluding carboxylic acids is 1. The van der Waals surface area contributed by atoms with Crippen molar-refractivity contribution in [1.82, 2.24) is 5.16 Å². The van der Waals surface area contributed by atoms with E-state index >= 15 is 0 Å². The largest absolute Gasteiger partial charge is 0.491 e. The molecular weight excluding hydrogens is 377 g/mol. The third kappa shape index (κ3) is 5.57. The standard InChI is InChI=1S/C14H13F3N4O6/c1-25-4-5-26-8-2-3-9(10(6-8)21(23)24)18-13(22)19-12-7-11(27-20-12)14(15,16)17/h2-3,6-7H,4-5H2,1H3,(H2,18,19,20,22). The van der Waals surface area contributed by atoms with E-state index in [1.54, 1.807) is 0 Å². The fourth-order valence-electron chi connectivity index (χ4n) is 1.84. The summed E-state index contributed by atoms with van der Waals surface area (Å²) in [6.45, 7) is 0.433. The first kappa shape index (κ1) is 20.0. The van der Waals surface area contributed by atoms with Crippen molar-refractivity contribution in [3.8, 4) is 5.75 Å². The van der Waals surface area contributed by atoms with Crippen molar-refractivity contribution >= 4 is 23.2 Å². The maximum atomic E-state index is 12.4. The highest BCUT2D eigenvalue weighted by Gasteiger charge is 2.36. The average molecular weight is 390 g/mol. The fraction of sp³-hybridized carbons (Fsp3) is 0.286. The molecule has 1 heterocycles. The Bertz CT molecular complexity index is 823. The number of nitro groups is 1. The van der Waals surface area contributed by atoms with Crippen LogP contribution in [0.5, 0.6) is 5.75 Å². The maximum Gasteiger partial charge on any atom is 0.452 e. The summed E-state index contributed by atoms with van der Waals surface area (Å²) in [5, 5.41) is 18.3. The van der Waals surface area contributed by atoms with Crippen molar-refractivity contribution in [2.45, 2.75) is 6.18 Å². The van der Waals surface area contributed by atoms with Crippen LogP contribution in [0.4, 0.5) is 35.2 Å². The van der Waals surface area contributed by atoms with E-state index in [1.807, 2.05) is 5.32 Å². The molecule has 2 N–H and O–H groups in total. The van der Waals surface area contributed by atoms with Crippen LogP contribution < -0.4 is 15.4 Å². The van der Waals surface area contributed by atoms with E-state index in [4.69, 9.17) is 9.47 Å². The van der Waals surface area contributed by atoms with Crippen LogP contribution >= 0.6 is 0 Å². The second kappa shape index (κ2) is 8.35. The van der Waals surface area contributed by atoms with Crippen LogP contribution in [0.25, 0.3) is 0 Å². The molecule has 0 aliphatic carbocycles. The van der Waals surface area contributed by atoms with Gasteiger partial charge in [-0.15, -0.1) is 0 Å². The average Bonchev–Trinajstić information content (AvgIpc) is 3.04. The Hall–Kier alpha value is -3.35. The number of rotatable bonds is 7. The van der Waals surface area contributed by atoms with Crippen LogP contribution in [0.2, 0.25) is 0 Å². The topological polar surface area (TPSA) is 129 Å². The highest BCUT2D eigenvalue weighted by Crippen LogP contribution is 2.31. The highest BCUT2D eigenvalue weighted by atomic mass is 19.4. The molecule has 2 rings (SSSR count). The number of nitrogens with zero attached hydrogens (tertiary/aromatic N) is 2. The SMILES string of the molecule is COCCOc1ccc(NC(=O)Nc2cc(C(F)(F)F)on2)c([N+](=O)[O-])c1. The van der Waals surface area contributed by atoms with Gasteiger partial charge in [0.05, 0.1) is 17.6 Å². The number of amides is 2. The Balaban J connectivity index is 2.07. The first-order valence-electron chi connectivity index (χ1n) is 7.23. The fourth-order valence-corrected chi connectivity index (χ4v) is 1.84. The number of nitrogens with one attached hydrogen (secondary N) is 2. The molecule has 1 aromatic carbocycles. The molecule has 0 atom stereocenters. The molecule has 1 aromatic heterocycles. The molecule has 0 aliphatic rings. The first-order valence-corrected chi connectivity index (χ1v) is 7.23. The smallest absolute Gasteiger partial charge is 0.452 e. The molecule has 2 amide bonds. The molecule has 0 saturated heterocycles. The minimum atomic E-state index is -4.76. The molecule has 146 valence electrons. The van der Waals surface area contributed by atoms with E-state index in [0.29, 0.717) is 6.07 Å². The lowest BCUT2D eigenvalue weighted by molar-refractivity contribution is -0.384. The van der Waals surface area contributed by atoms with Gasteiger partial charge in [-0.1, -0.05) is 5.16 Å². The van der Waals surface area contributed by atoms with Gasteiger partial charge in [0.2, 0.25) is 5.76 Å². The second-order valence-electron chi connectivity index (χ2n) is 4.93. The van der Waals surface area contributed by atoms with Gasteiger partial charge >= 0.3 is 12.2 Å². The lowest BCUT2D eigenvalue weighted by Gasteiger charge is -2.09. The van der Waals surface area contributed by atoms with E-state index < -0.39 is 34.4 Å². The quantitative estimate of drug-likeness (QED) is 0.422. The summed E-state index contributed by atoms with van der Waals surface area (Å²) in [5.41, 5.74) is -0.674. The number of ether oxygens (including phenoxy) is 2.